The average Bonchev–Trinajstić information content (AvgIpc) is 2.35. The SMILES string of the molecule is CN(CCC#N)C(=O)c1ccc(SC(F)F)cc1. The van der Waals surface area contributed by atoms with Gasteiger partial charge in [0, 0.05) is 24.1 Å². The smallest absolute Gasteiger partial charge is 0.288 e. The number of thioether (sulfide) groups is 1. The Morgan fingerprint density at radius 2 is 2.06 bits per heavy atom. The average molecular weight is 270 g/mol. The summed E-state index contributed by atoms with van der Waals surface area (Å²) in [5, 5.41) is 8.43. The van der Waals surface area contributed by atoms with Crippen molar-refractivity contribution >= 4 is 17.7 Å². The summed E-state index contributed by atoms with van der Waals surface area (Å²) in [5.74, 6) is -2.69. The highest BCUT2D eigenvalue weighted by Gasteiger charge is 2.12. The van der Waals surface area contributed by atoms with Crippen LogP contribution in [0.5, 0.6) is 0 Å². The summed E-state index contributed by atoms with van der Waals surface area (Å²) in [6, 6.07) is 7.95. The van der Waals surface area contributed by atoms with Gasteiger partial charge >= 0.3 is 0 Å². The van der Waals surface area contributed by atoms with Crippen LogP contribution in [0.25, 0.3) is 0 Å². The molecule has 0 spiro atoms. The van der Waals surface area contributed by atoms with E-state index in [2.05, 4.69) is 0 Å². The lowest BCUT2D eigenvalue weighted by atomic mass is 10.2. The van der Waals surface area contributed by atoms with Crippen LogP contribution in [0, 0.1) is 11.3 Å². The van der Waals surface area contributed by atoms with Gasteiger partial charge < -0.3 is 4.90 Å². The predicted octanol–water partition coefficient (Wildman–Crippen LogP) is 2.99. The number of carbonyl (C=O) groups is 1. The maximum Gasteiger partial charge on any atom is 0.288 e. The van der Waals surface area contributed by atoms with E-state index in [4.69, 9.17) is 5.26 Å². The minimum absolute atomic E-state index is 0.223. The normalized spacial score (nSPS) is 10.2. The molecule has 0 saturated heterocycles. The molecule has 1 aromatic carbocycles. The molecule has 0 aliphatic carbocycles. The lowest BCUT2D eigenvalue weighted by Crippen LogP contribution is -2.27. The summed E-state index contributed by atoms with van der Waals surface area (Å²) in [7, 11) is 1.60. The predicted molar refractivity (Wildman–Crippen MR) is 65.5 cm³/mol. The highest BCUT2D eigenvalue weighted by atomic mass is 32.2. The lowest BCUT2D eigenvalue weighted by Gasteiger charge is -2.15. The molecule has 0 bridgehead atoms. The van der Waals surface area contributed by atoms with Gasteiger partial charge in [0.15, 0.2) is 0 Å². The van der Waals surface area contributed by atoms with Gasteiger partial charge in [-0.05, 0) is 24.3 Å². The number of nitrogens with zero attached hydrogens (tertiary/aromatic N) is 2. The fraction of sp³-hybridized carbons (Fsp3) is 0.333. The van der Waals surface area contributed by atoms with Gasteiger partial charge in [-0.1, -0.05) is 11.8 Å². The number of nitriles is 1. The second-order valence-electron chi connectivity index (χ2n) is 3.54. The maximum atomic E-state index is 12.1. The van der Waals surface area contributed by atoms with Gasteiger partial charge in [-0.2, -0.15) is 14.0 Å². The molecule has 0 atom stereocenters. The van der Waals surface area contributed by atoms with Crippen molar-refractivity contribution in [3.05, 3.63) is 29.8 Å². The second kappa shape index (κ2) is 6.97. The third-order valence-corrected chi connectivity index (χ3v) is 2.95. The highest BCUT2D eigenvalue weighted by Crippen LogP contribution is 2.25. The fourth-order valence-corrected chi connectivity index (χ4v) is 1.82. The van der Waals surface area contributed by atoms with E-state index >= 15 is 0 Å². The van der Waals surface area contributed by atoms with Gasteiger partial charge in [0.05, 0.1) is 12.5 Å². The van der Waals surface area contributed by atoms with Crippen LogP contribution in [-0.2, 0) is 0 Å². The molecule has 96 valence electrons. The van der Waals surface area contributed by atoms with Gasteiger partial charge in [0.2, 0.25) is 0 Å². The number of hydrogen-bond donors (Lipinski definition) is 0. The van der Waals surface area contributed by atoms with E-state index in [0.29, 0.717) is 28.8 Å². The number of benzene rings is 1. The van der Waals surface area contributed by atoms with E-state index < -0.39 is 5.76 Å². The Bertz CT molecular complexity index is 442. The van der Waals surface area contributed by atoms with E-state index in [-0.39, 0.29) is 12.3 Å². The topological polar surface area (TPSA) is 44.1 Å². The first kappa shape index (κ1) is 14.5. The van der Waals surface area contributed by atoms with E-state index in [1.54, 1.807) is 7.05 Å². The van der Waals surface area contributed by atoms with Crippen molar-refractivity contribution in [2.24, 2.45) is 0 Å². The number of amides is 1. The molecule has 0 fully saturated rings. The molecule has 6 heteroatoms. The molecule has 0 N–H and O–H groups in total. The Morgan fingerprint density at radius 1 is 1.44 bits per heavy atom. The van der Waals surface area contributed by atoms with Crippen LogP contribution in [0.1, 0.15) is 16.8 Å². The standard InChI is InChI=1S/C12H12F2N2OS/c1-16(8-2-7-15)11(17)9-3-5-10(6-4-9)18-12(13)14/h3-6,12H,2,8H2,1H3. The van der Waals surface area contributed by atoms with E-state index in [9.17, 15) is 13.6 Å². The molecular formula is C12H12F2N2OS. The van der Waals surface area contributed by atoms with Gasteiger partial charge in [-0.15, -0.1) is 0 Å². The van der Waals surface area contributed by atoms with Crippen molar-refractivity contribution in [1.29, 1.82) is 5.26 Å². The van der Waals surface area contributed by atoms with Crippen LogP contribution < -0.4 is 0 Å². The number of rotatable bonds is 5. The summed E-state index contributed by atoms with van der Waals surface area (Å²) >= 11 is 0.440. The molecule has 0 radical (unpaired) electrons. The molecule has 0 unspecified atom stereocenters. The molecule has 18 heavy (non-hydrogen) atoms. The fourth-order valence-electron chi connectivity index (χ4n) is 1.32. The van der Waals surface area contributed by atoms with Crippen molar-refractivity contribution in [1.82, 2.24) is 4.90 Å². The van der Waals surface area contributed by atoms with Crippen molar-refractivity contribution in [3.8, 4) is 6.07 Å². The Morgan fingerprint density at radius 3 is 2.56 bits per heavy atom. The van der Waals surface area contributed by atoms with Crippen LogP contribution in [0.4, 0.5) is 8.78 Å². The molecule has 0 aliphatic rings. The molecular weight excluding hydrogens is 258 g/mol. The number of alkyl halides is 2. The van der Waals surface area contributed by atoms with Crippen molar-refractivity contribution < 1.29 is 13.6 Å². The third kappa shape index (κ3) is 4.34. The Balaban J connectivity index is 2.67. The van der Waals surface area contributed by atoms with Crippen LogP contribution in [0.15, 0.2) is 29.2 Å². The summed E-state index contributed by atoms with van der Waals surface area (Å²) in [6.45, 7) is 0.350. The minimum Gasteiger partial charge on any atom is -0.341 e. The van der Waals surface area contributed by atoms with Crippen LogP contribution in [0.3, 0.4) is 0 Å². The quantitative estimate of drug-likeness (QED) is 0.773. The Kier molecular flexibility index (Phi) is 5.59. The lowest BCUT2D eigenvalue weighted by molar-refractivity contribution is 0.0798. The molecule has 0 aromatic heterocycles. The Labute approximate surface area is 108 Å². The highest BCUT2D eigenvalue weighted by molar-refractivity contribution is 7.99. The molecule has 0 heterocycles. The van der Waals surface area contributed by atoms with Crippen molar-refractivity contribution in [2.75, 3.05) is 13.6 Å². The maximum absolute atomic E-state index is 12.1. The second-order valence-corrected chi connectivity index (χ2v) is 4.60. The van der Waals surface area contributed by atoms with Crippen LogP contribution in [0.2, 0.25) is 0 Å². The summed E-state index contributed by atoms with van der Waals surface area (Å²) in [4.78, 5) is 13.7. The number of carbonyl (C=O) groups excluding carboxylic acids is 1. The van der Waals surface area contributed by atoms with Crippen LogP contribution in [-0.4, -0.2) is 30.2 Å². The third-order valence-electron chi connectivity index (χ3n) is 2.23. The molecule has 1 aromatic rings. The monoisotopic (exact) mass is 270 g/mol. The van der Waals surface area contributed by atoms with Gasteiger partial charge in [-0.25, -0.2) is 0 Å². The first-order valence-electron chi connectivity index (χ1n) is 5.22. The first-order valence-corrected chi connectivity index (χ1v) is 6.10. The van der Waals surface area contributed by atoms with Gasteiger partial charge in [0.1, 0.15) is 0 Å². The summed E-state index contributed by atoms with van der Waals surface area (Å²) in [5.41, 5.74) is 0.425. The van der Waals surface area contributed by atoms with Crippen molar-refractivity contribution in [3.63, 3.8) is 0 Å². The number of hydrogen-bond acceptors (Lipinski definition) is 3. The summed E-state index contributed by atoms with van der Waals surface area (Å²) in [6.07, 6.45) is 0.265. The molecule has 1 amide bonds. The molecule has 1 rings (SSSR count). The van der Waals surface area contributed by atoms with E-state index in [0.717, 1.165) is 0 Å². The first-order chi connectivity index (χ1) is 8.54. The van der Waals surface area contributed by atoms with E-state index in [1.165, 1.54) is 29.2 Å². The molecule has 3 nitrogen and oxygen atoms in total. The van der Waals surface area contributed by atoms with E-state index in [1.807, 2.05) is 6.07 Å². The molecule has 0 aliphatic heterocycles. The zero-order valence-electron chi connectivity index (χ0n) is 9.77. The largest absolute Gasteiger partial charge is 0.341 e. The Hall–Kier alpha value is -1.61. The van der Waals surface area contributed by atoms with Gasteiger partial charge in [-0.3, -0.25) is 4.79 Å². The number of halogens is 2. The van der Waals surface area contributed by atoms with Crippen LogP contribution >= 0.6 is 11.8 Å². The minimum atomic E-state index is -2.47. The zero-order chi connectivity index (χ0) is 13.5. The van der Waals surface area contributed by atoms with Gasteiger partial charge in [0.25, 0.3) is 11.7 Å². The zero-order valence-corrected chi connectivity index (χ0v) is 10.6. The molecule has 0 saturated carbocycles. The summed E-state index contributed by atoms with van der Waals surface area (Å²) < 4.78 is 24.2. The van der Waals surface area contributed by atoms with Crippen molar-refractivity contribution in [2.45, 2.75) is 17.1 Å².